The smallest absolute Gasteiger partial charge is 0.251 e. The Hall–Kier alpha value is -1.27. The molecule has 0 saturated carbocycles. The molecule has 4 nitrogen and oxygen atoms in total. The highest BCUT2D eigenvalue weighted by Crippen LogP contribution is 2.29. The van der Waals surface area contributed by atoms with Crippen molar-refractivity contribution < 1.29 is 8.81 Å². The number of rotatable bonds is 3. The quantitative estimate of drug-likeness (QED) is 0.938. The van der Waals surface area contributed by atoms with Crippen molar-refractivity contribution in [1.29, 1.82) is 0 Å². The van der Waals surface area contributed by atoms with Gasteiger partial charge >= 0.3 is 0 Å². The van der Waals surface area contributed by atoms with Gasteiger partial charge in [0.15, 0.2) is 0 Å². The summed E-state index contributed by atoms with van der Waals surface area (Å²) in [5.41, 5.74) is 5.63. The summed E-state index contributed by atoms with van der Waals surface area (Å²) in [6, 6.07) is 4.65. The Morgan fingerprint density at radius 1 is 1.38 bits per heavy atom. The Balaban J connectivity index is 2.42. The lowest BCUT2D eigenvalue weighted by molar-refractivity contribution is 0.502. The number of benzene rings is 1. The number of aromatic nitrogens is 2. The van der Waals surface area contributed by atoms with Gasteiger partial charge in [0, 0.05) is 17.4 Å². The molecule has 0 fully saturated rings. The molecule has 6 heteroatoms. The predicted octanol–water partition coefficient (Wildman–Crippen LogP) is 2.14. The number of nitrogens with zero attached hydrogens (tertiary/aromatic N) is 2. The maximum Gasteiger partial charge on any atom is 0.251 e. The minimum Gasteiger partial charge on any atom is -0.421 e. The maximum absolute atomic E-state index is 13.5. The maximum atomic E-state index is 13.5. The topological polar surface area (TPSA) is 64.9 Å². The molecule has 0 aliphatic carbocycles. The van der Waals surface area contributed by atoms with E-state index in [0.717, 1.165) is 0 Å². The Morgan fingerprint density at radius 3 is 2.88 bits per heavy atom. The first-order chi connectivity index (χ1) is 7.72. The summed E-state index contributed by atoms with van der Waals surface area (Å²) >= 11 is 3.24. The van der Waals surface area contributed by atoms with E-state index in [1.54, 1.807) is 12.1 Å². The van der Waals surface area contributed by atoms with Gasteiger partial charge in [0.25, 0.3) is 5.89 Å². The first-order valence-electron chi connectivity index (χ1n) is 4.69. The molecule has 1 aromatic heterocycles. The zero-order chi connectivity index (χ0) is 11.5. The van der Waals surface area contributed by atoms with E-state index in [1.165, 1.54) is 6.07 Å². The highest BCUT2D eigenvalue weighted by molar-refractivity contribution is 9.10. The summed E-state index contributed by atoms with van der Waals surface area (Å²) < 4.78 is 19.4. The fourth-order valence-electron chi connectivity index (χ4n) is 1.28. The van der Waals surface area contributed by atoms with E-state index in [4.69, 9.17) is 10.2 Å². The van der Waals surface area contributed by atoms with Gasteiger partial charge in [-0.2, -0.15) is 0 Å². The summed E-state index contributed by atoms with van der Waals surface area (Å²) in [5, 5.41) is 7.56. The number of hydrogen-bond acceptors (Lipinski definition) is 4. The fraction of sp³-hybridized carbons (Fsp3) is 0.200. The van der Waals surface area contributed by atoms with Crippen molar-refractivity contribution in [3.05, 3.63) is 34.4 Å². The lowest BCUT2D eigenvalue weighted by Gasteiger charge is -1.99. The van der Waals surface area contributed by atoms with Crippen LogP contribution in [0, 0.1) is 5.82 Å². The third kappa shape index (κ3) is 2.12. The number of nitrogens with two attached hydrogens (primary N) is 1. The van der Waals surface area contributed by atoms with Crippen molar-refractivity contribution >= 4 is 15.9 Å². The third-order valence-corrected chi connectivity index (χ3v) is 2.66. The van der Waals surface area contributed by atoms with Crippen molar-refractivity contribution in [3.63, 3.8) is 0 Å². The average molecular weight is 286 g/mol. The van der Waals surface area contributed by atoms with Crippen molar-refractivity contribution in [2.45, 2.75) is 6.42 Å². The van der Waals surface area contributed by atoms with E-state index in [9.17, 15) is 4.39 Å². The third-order valence-electron chi connectivity index (χ3n) is 2.00. The first-order valence-corrected chi connectivity index (χ1v) is 5.48. The normalized spacial score (nSPS) is 10.7. The molecule has 2 N–H and O–H groups in total. The molecular weight excluding hydrogens is 277 g/mol. The predicted molar refractivity (Wildman–Crippen MR) is 60.2 cm³/mol. The van der Waals surface area contributed by atoms with Gasteiger partial charge in [0.1, 0.15) is 5.82 Å². The minimum atomic E-state index is -0.405. The minimum absolute atomic E-state index is 0.161. The molecule has 1 heterocycles. The highest BCUT2D eigenvalue weighted by atomic mass is 79.9. The average Bonchev–Trinajstić information content (AvgIpc) is 2.67. The van der Waals surface area contributed by atoms with Crippen LogP contribution in [0.4, 0.5) is 4.39 Å². The van der Waals surface area contributed by atoms with Crippen LogP contribution < -0.4 is 5.73 Å². The van der Waals surface area contributed by atoms with Gasteiger partial charge in [0.2, 0.25) is 5.89 Å². The zero-order valence-electron chi connectivity index (χ0n) is 8.28. The zero-order valence-corrected chi connectivity index (χ0v) is 9.87. The summed E-state index contributed by atoms with van der Waals surface area (Å²) in [7, 11) is 0. The van der Waals surface area contributed by atoms with Gasteiger partial charge in [-0.1, -0.05) is 6.07 Å². The SMILES string of the molecule is NCCc1nnc(-c2c(F)cccc2Br)o1. The lowest BCUT2D eigenvalue weighted by atomic mass is 10.2. The van der Waals surface area contributed by atoms with Gasteiger partial charge in [-0.25, -0.2) is 4.39 Å². The molecule has 0 aliphatic heterocycles. The molecule has 0 atom stereocenters. The van der Waals surface area contributed by atoms with E-state index in [-0.39, 0.29) is 11.5 Å². The Bertz CT molecular complexity index is 480. The van der Waals surface area contributed by atoms with Crippen molar-refractivity contribution in [1.82, 2.24) is 10.2 Å². The van der Waals surface area contributed by atoms with Crippen LogP contribution in [0.25, 0.3) is 11.5 Å². The van der Waals surface area contributed by atoms with Crippen LogP contribution in [0.2, 0.25) is 0 Å². The van der Waals surface area contributed by atoms with Crippen molar-refractivity contribution in [3.8, 4) is 11.5 Å². The van der Waals surface area contributed by atoms with Crippen LogP contribution in [0.3, 0.4) is 0 Å². The molecule has 0 unspecified atom stereocenters. The lowest BCUT2D eigenvalue weighted by Crippen LogP contribution is -2.02. The summed E-state index contributed by atoms with van der Waals surface area (Å²) in [5.74, 6) is 0.165. The Labute approximate surface area is 99.8 Å². The van der Waals surface area contributed by atoms with Crippen LogP contribution in [0.1, 0.15) is 5.89 Å². The second-order valence-electron chi connectivity index (χ2n) is 3.14. The number of hydrogen-bond donors (Lipinski definition) is 1. The fourth-order valence-corrected chi connectivity index (χ4v) is 1.79. The molecule has 0 amide bonds. The Kier molecular flexibility index (Phi) is 3.31. The summed E-state index contributed by atoms with van der Waals surface area (Å²) in [4.78, 5) is 0. The molecule has 2 rings (SSSR count). The van der Waals surface area contributed by atoms with E-state index in [2.05, 4.69) is 26.1 Å². The van der Waals surface area contributed by atoms with Gasteiger partial charge in [-0.15, -0.1) is 10.2 Å². The molecule has 0 radical (unpaired) electrons. The molecule has 0 aliphatic rings. The van der Waals surface area contributed by atoms with E-state index in [0.29, 0.717) is 23.3 Å². The van der Waals surface area contributed by atoms with Gasteiger partial charge < -0.3 is 10.2 Å². The molecule has 0 spiro atoms. The van der Waals surface area contributed by atoms with E-state index < -0.39 is 5.82 Å². The standard InChI is InChI=1S/C10H9BrFN3O/c11-6-2-1-3-7(12)9(6)10-15-14-8(16-10)4-5-13/h1-3H,4-5,13H2. The monoisotopic (exact) mass is 285 g/mol. The van der Waals surface area contributed by atoms with Crippen LogP contribution >= 0.6 is 15.9 Å². The highest BCUT2D eigenvalue weighted by Gasteiger charge is 2.15. The van der Waals surface area contributed by atoms with E-state index in [1.807, 2.05) is 0 Å². The molecule has 2 aromatic rings. The van der Waals surface area contributed by atoms with Crippen molar-refractivity contribution in [2.75, 3.05) is 6.54 Å². The van der Waals surface area contributed by atoms with Gasteiger partial charge in [-0.3, -0.25) is 0 Å². The van der Waals surface area contributed by atoms with Crippen molar-refractivity contribution in [2.24, 2.45) is 5.73 Å². The molecule has 1 aromatic carbocycles. The molecule has 0 bridgehead atoms. The van der Waals surface area contributed by atoms with E-state index >= 15 is 0 Å². The van der Waals surface area contributed by atoms with Crippen LogP contribution in [-0.2, 0) is 6.42 Å². The number of halogens is 2. The molecule has 16 heavy (non-hydrogen) atoms. The van der Waals surface area contributed by atoms with Crippen LogP contribution in [-0.4, -0.2) is 16.7 Å². The molecule has 84 valence electrons. The van der Waals surface area contributed by atoms with Crippen LogP contribution in [0.5, 0.6) is 0 Å². The first kappa shape index (κ1) is 11.2. The second-order valence-corrected chi connectivity index (χ2v) is 3.99. The largest absolute Gasteiger partial charge is 0.421 e. The summed E-state index contributed by atoms with van der Waals surface area (Å²) in [6.07, 6.45) is 0.485. The van der Waals surface area contributed by atoms with Crippen LogP contribution in [0.15, 0.2) is 27.1 Å². The van der Waals surface area contributed by atoms with Gasteiger partial charge in [-0.05, 0) is 28.1 Å². The molecular formula is C10H9BrFN3O. The van der Waals surface area contributed by atoms with Gasteiger partial charge in [0.05, 0.1) is 5.56 Å². The molecule has 0 saturated heterocycles. The summed E-state index contributed by atoms with van der Waals surface area (Å²) in [6.45, 7) is 0.417. The second kappa shape index (κ2) is 4.71. The Morgan fingerprint density at radius 2 is 2.19 bits per heavy atom.